The normalized spacial score (nSPS) is 13.0. The minimum Gasteiger partial charge on any atom is -0.493 e. The Balaban J connectivity index is 3.04. The zero-order chi connectivity index (χ0) is 19.6. The fraction of sp³-hybridized carbons (Fsp3) is 0.600. The number of esters is 1. The number of hydrogen-bond donors (Lipinski definition) is 1. The van der Waals surface area contributed by atoms with Crippen LogP contribution in [0, 0.1) is 0 Å². The minimum absolute atomic E-state index is 0.253. The van der Waals surface area contributed by atoms with Crippen LogP contribution in [0.1, 0.15) is 64.2 Å². The standard InChI is InChI=1S/C20H31NO5/c1-6-10-13-25-17-12-11-15(14-16(17)18(22)24-8-3)21-19(23)20(5,7-2)26-9-4/h11-12,14H,6-10,13H2,1-5H3,(H,21,23)/t20-/m1/s1. The van der Waals surface area contributed by atoms with Crippen LogP contribution in [0.4, 0.5) is 5.69 Å². The van der Waals surface area contributed by atoms with E-state index >= 15 is 0 Å². The van der Waals surface area contributed by atoms with Gasteiger partial charge < -0.3 is 19.5 Å². The number of carbonyl (C=O) groups excluding carboxylic acids is 2. The van der Waals surface area contributed by atoms with Gasteiger partial charge in [-0.1, -0.05) is 20.3 Å². The molecule has 0 saturated carbocycles. The van der Waals surface area contributed by atoms with Crippen LogP contribution in [0.3, 0.4) is 0 Å². The zero-order valence-electron chi connectivity index (χ0n) is 16.5. The Morgan fingerprint density at radius 3 is 2.42 bits per heavy atom. The van der Waals surface area contributed by atoms with Gasteiger partial charge in [0.25, 0.3) is 5.91 Å². The lowest BCUT2D eigenvalue weighted by atomic mass is 10.0. The van der Waals surface area contributed by atoms with E-state index in [1.165, 1.54) is 0 Å². The van der Waals surface area contributed by atoms with Gasteiger partial charge in [-0.2, -0.15) is 0 Å². The van der Waals surface area contributed by atoms with E-state index in [4.69, 9.17) is 14.2 Å². The average molecular weight is 365 g/mol. The molecule has 1 amide bonds. The van der Waals surface area contributed by atoms with E-state index in [9.17, 15) is 9.59 Å². The predicted octanol–water partition coefficient (Wildman–Crippen LogP) is 4.19. The van der Waals surface area contributed by atoms with Crippen LogP contribution in [0.5, 0.6) is 5.75 Å². The molecule has 0 aliphatic rings. The molecule has 1 atom stereocenters. The Kier molecular flexibility index (Phi) is 9.13. The molecule has 6 nitrogen and oxygen atoms in total. The fourth-order valence-corrected chi connectivity index (χ4v) is 2.34. The van der Waals surface area contributed by atoms with Gasteiger partial charge in [0.05, 0.1) is 13.2 Å². The van der Waals surface area contributed by atoms with Crippen LogP contribution >= 0.6 is 0 Å². The molecule has 6 heteroatoms. The molecule has 0 aliphatic carbocycles. The topological polar surface area (TPSA) is 73.9 Å². The number of nitrogens with one attached hydrogen (secondary N) is 1. The van der Waals surface area contributed by atoms with E-state index in [0.29, 0.717) is 36.6 Å². The molecule has 26 heavy (non-hydrogen) atoms. The van der Waals surface area contributed by atoms with Gasteiger partial charge in [-0.05, 0) is 51.8 Å². The first-order valence-corrected chi connectivity index (χ1v) is 9.31. The molecule has 0 saturated heterocycles. The van der Waals surface area contributed by atoms with Gasteiger partial charge in [0.2, 0.25) is 0 Å². The van der Waals surface area contributed by atoms with Crippen LogP contribution in [0.2, 0.25) is 0 Å². The third-order valence-electron chi connectivity index (χ3n) is 4.11. The van der Waals surface area contributed by atoms with Crippen molar-refractivity contribution in [1.29, 1.82) is 0 Å². The van der Waals surface area contributed by atoms with E-state index < -0.39 is 11.6 Å². The number of benzene rings is 1. The van der Waals surface area contributed by atoms with Crippen LogP contribution in [0.15, 0.2) is 18.2 Å². The van der Waals surface area contributed by atoms with Crippen molar-refractivity contribution in [3.63, 3.8) is 0 Å². The van der Waals surface area contributed by atoms with E-state index in [0.717, 1.165) is 12.8 Å². The molecule has 0 bridgehead atoms. The molecule has 1 aromatic rings. The monoisotopic (exact) mass is 365 g/mol. The molecule has 0 fully saturated rings. The van der Waals surface area contributed by atoms with Crippen LogP contribution < -0.4 is 10.1 Å². The third-order valence-corrected chi connectivity index (χ3v) is 4.11. The van der Waals surface area contributed by atoms with E-state index in [1.54, 1.807) is 32.0 Å². The summed E-state index contributed by atoms with van der Waals surface area (Å²) in [5.74, 6) is -0.271. The second-order valence-corrected chi connectivity index (χ2v) is 6.10. The van der Waals surface area contributed by atoms with Crippen molar-refractivity contribution in [3.05, 3.63) is 23.8 Å². The lowest BCUT2D eigenvalue weighted by molar-refractivity contribution is -0.139. The third kappa shape index (κ3) is 6.02. The highest BCUT2D eigenvalue weighted by Gasteiger charge is 2.32. The second-order valence-electron chi connectivity index (χ2n) is 6.10. The van der Waals surface area contributed by atoms with Crippen molar-refractivity contribution in [2.45, 2.75) is 59.5 Å². The number of hydrogen-bond acceptors (Lipinski definition) is 5. The number of carbonyl (C=O) groups is 2. The van der Waals surface area contributed by atoms with E-state index in [-0.39, 0.29) is 12.5 Å². The summed E-state index contributed by atoms with van der Waals surface area (Å²) in [7, 11) is 0. The first kappa shape index (κ1) is 22.0. The zero-order valence-corrected chi connectivity index (χ0v) is 16.5. The van der Waals surface area contributed by atoms with Gasteiger partial charge in [0.1, 0.15) is 16.9 Å². The highest BCUT2D eigenvalue weighted by molar-refractivity contribution is 5.99. The molecular weight excluding hydrogens is 334 g/mol. The molecular formula is C20H31NO5. The maximum Gasteiger partial charge on any atom is 0.341 e. The minimum atomic E-state index is -0.921. The Bertz CT molecular complexity index is 602. The molecule has 0 heterocycles. The van der Waals surface area contributed by atoms with Gasteiger partial charge in [-0.3, -0.25) is 4.79 Å². The van der Waals surface area contributed by atoms with Crippen LogP contribution in [-0.2, 0) is 14.3 Å². The number of ether oxygens (including phenoxy) is 3. The van der Waals surface area contributed by atoms with Gasteiger partial charge in [0, 0.05) is 12.3 Å². The largest absolute Gasteiger partial charge is 0.493 e. The van der Waals surface area contributed by atoms with Crippen LogP contribution in [-0.4, -0.2) is 37.3 Å². The van der Waals surface area contributed by atoms with Crippen LogP contribution in [0.25, 0.3) is 0 Å². The number of anilines is 1. The average Bonchev–Trinajstić information content (AvgIpc) is 2.63. The van der Waals surface area contributed by atoms with Gasteiger partial charge in [0.15, 0.2) is 0 Å². The molecule has 0 spiro atoms. The summed E-state index contributed by atoms with van der Waals surface area (Å²) in [6.45, 7) is 10.5. The number of amides is 1. The maximum atomic E-state index is 12.6. The number of rotatable bonds is 11. The summed E-state index contributed by atoms with van der Waals surface area (Å²) in [4.78, 5) is 24.8. The molecule has 1 aromatic carbocycles. The van der Waals surface area contributed by atoms with Gasteiger partial charge >= 0.3 is 5.97 Å². The Hall–Kier alpha value is -2.08. The highest BCUT2D eigenvalue weighted by Crippen LogP contribution is 2.26. The Labute approximate surface area is 156 Å². The van der Waals surface area contributed by atoms with E-state index in [2.05, 4.69) is 12.2 Å². The smallest absolute Gasteiger partial charge is 0.341 e. The molecule has 0 aromatic heterocycles. The van der Waals surface area contributed by atoms with E-state index in [1.807, 2.05) is 13.8 Å². The summed E-state index contributed by atoms with van der Waals surface area (Å²) in [6.07, 6.45) is 2.43. The molecule has 0 aliphatic heterocycles. The van der Waals surface area contributed by atoms with Crippen molar-refractivity contribution in [2.24, 2.45) is 0 Å². The summed E-state index contributed by atoms with van der Waals surface area (Å²) in [5.41, 5.74) is -0.120. The van der Waals surface area contributed by atoms with Gasteiger partial charge in [-0.15, -0.1) is 0 Å². The number of unbranched alkanes of at least 4 members (excludes halogenated alkanes) is 1. The molecule has 0 unspecified atom stereocenters. The Morgan fingerprint density at radius 1 is 1.12 bits per heavy atom. The van der Waals surface area contributed by atoms with Gasteiger partial charge in [-0.25, -0.2) is 4.79 Å². The highest BCUT2D eigenvalue weighted by atomic mass is 16.5. The van der Waals surface area contributed by atoms with Crippen molar-refractivity contribution in [1.82, 2.24) is 0 Å². The van der Waals surface area contributed by atoms with Crippen molar-refractivity contribution < 1.29 is 23.8 Å². The summed E-state index contributed by atoms with van der Waals surface area (Å²) < 4.78 is 16.4. The Morgan fingerprint density at radius 2 is 1.85 bits per heavy atom. The summed E-state index contributed by atoms with van der Waals surface area (Å²) in [5, 5.41) is 2.82. The second kappa shape index (κ2) is 10.8. The molecule has 0 radical (unpaired) electrons. The summed E-state index contributed by atoms with van der Waals surface area (Å²) in [6, 6.07) is 4.98. The molecule has 146 valence electrons. The molecule has 1 rings (SSSR count). The lowest BCUT2D eigenvalue weighted by Crippen LogP contribution is -2.42. The lowest BCUT2D eigenvalue weighted by Gasteiger charge is -2.27. The quantitative estimate of drug-likeness (QED) is 0.470. The first-order valence-electron chi connectivity index (χ1n) is 9.31. The summed E-state index contributed by atoms with van der Waals surface area (Å²) >= 11 is 0. The SMILES string of the molecule is CCCCOc1ccc(NC(=O)[C@@](C)(CC)OCC)cc1C(=O)OCC. The first-order chi connectivity index (χ1) is 12.4. The predicted molar refractivity (Wildman–Crippen MR) is 102 cm³/mol. The fourth-order valence-electron chi connectivity index (χ4n) is 2.34. The van der Waals surface area contributed by atoms with Crippen molar-refractivity contribution >= 4 is 17.6 Å². The van der Waals surface area contributed by atoms with Crippen molar-refractivity contribution in [3.8, 4) is 5.75 Å². The van der Waals surface area contributed by atoms with Crippen molar-refractivity contribution in [2.75, 3.05) is 25.1 Å². The maximum absolute atomic E-state index is 12.6. The molecule has 1 N–H and O–H groups in total.